The van der Waals surface area contributed by atoms with E-state index in [1.165, 1.54) is 4.31 Å². The predicted molar refractivity (Wildman–Crippen MR) is 85.9 cm³/mol. The van der Waals surface area contributed by atoms with Crippen LogP contribution >= 0.6 is 0 Å². The summed E-state index contributed by atoms with van der Waals surface area (Å²) in [6, 6.07) is 5.74. The monoisotopic (exact) mass is 312 g/mol. The van der Waals surface area contributed by atoms with Crippen molar-refractivity contribution in [2.24, 2.45) is 0 Å². The lowest BCUT2D eigenvalue weighted by Crippen LogP contribution is -2.38. The van der Waals surface area contributed by atoms with Gasteiger partial charge in [0.25, 0.3) is 0 Å². The van der Waals surface area contributed by atoms with Crippen LogP contribution in [0.4, 0.5) is 5.69 Å². The van der Waals surface area contributed by atoms with Gasteiger partial charge in [-0.2, -0.15) is 4.31 Å². The molecule has 0 saturated heterocycles. The highest BCUT2D eigenvalue weighted by molar-refractivity contribution is 7.88. The number of para-hydroxylation sites is 1. The van der Waals surface area contributed by atoms with Crippen LogP contribution in [0.2, 0.25) is 0 Å². The molecule has 0 spiro atoms. The smallest absolute Gasteiger partial charge is 0.239 e. The Hall–Kier alpha value is -1.40. The lowest BCUT2D eigenvalue weighted by molar-refractivity contribution is -0.116. The Balaban J connectivity index is 2.79. The number of nitrogens with zero attached hydrogens (tertiary/aromatic N) is 1. The molecule has 6 heteroatoms. The van der Waals surface area contributed by atoms with Crippen LogP contribution in [-0.4, -0.2) is 38.0 Å². The zero-order valence-corrected chi connectivity index (χ0v) is 14.0. The number of hydrogen-bond donors (Lipinski definition) is 1. The number of nitrogens with one attached hydrogen (secondary N) is 1. The Morgan fingerprint density at radius 2 is 1.81 bits per heavy atom. The summed E-state index contributed by atoms with van der Waals surface area (Å²) >= 11 is 0. The third kappa shape index (κ3) is 5.47. The third-order valence-corrected chi connectivity index (χ3v) is 4.55. The average molecular weight is 312 g/mol. The number of carbonyl (C=O) groups is 1. The van der Waals surface area contributed by atoms with E-state index in [2.05, 4.69) is 5.32 Å². The van der Waals surface area contributed by atoms with Crippen molar-refractivity contribution in [3.8, 4) is 0 Å². The number of aryl methyl sites for hydroxylation is 2. The Bertz CT molecular complexity index is 577. The normalized spacial score (nSPS) is 11.7. The van der Waals surface area contributed by atoms with E-state index < -0.39 is 10.0 Å². The van der Waals surface area contributed by atoms with Gasteiger partial charge in [-0.1, -0.05) is 31.5 Å². The van der Waals surface area contributed by atoms with Crippen molar-refractivity contribution in [2.45, 2.75) is 33.6 Å². The Labute approximate surface area is 127 Å². The Morgan fingerprint density at radius 1 is 1.24 bits per heavy atom. The summed E-state index contributed by atoms with van der Waals surface area (Å²) in [7, 11) is -3.37. The van der Waals surface area contributed by atoms with Crippen molar-refractivity contribution in [2.75, 3.05) is 24.7 Å². The minimum atomic E-state index is -3.37. The first-order valence-corrected chi connectivity index (χ1v) is 8.91. The molecule has 0 aliphatic heterocycles. The highest BCUT2D eigenvalue weighted by Crippen LogP contribution is 2.19. The Morgan fingerprint density at radius 3 is 2.29 bits per heavy atom. The summed E-state index contributed by atoms with van der Waals surface area (Å²) in [5, 5.41) is 2.81. The number of amides is 1. The fourth-order valence-electron chi connectivity index (χ4n) is 2.05. The molecule has 0 saturated carbocycles. The quantitative estimate of drug-likeness (QED) is 0.840. The summed E-state index contributed by atoms with van der Waals surface area (Å²) in [4.78, 5) is 12.1. The third-order valence-electron chi connectivity index (χ3n) is 3.30. The molecule has 0 aliphatic carbocycles. The summed E-state index contributed by atoms with van der Waals surface area (Å²) in [6.45, 7) is 6.03. The molecule has 1 aromatic rings. The molecule has 0 aromatic heterocycles. The second-order valence-electron chi connectivity index (χ2n) is 5.27. The zero-order chi connectivity index (χ0) is 16.0. The SMILES string of the molecule is CCCCN(CC(=O)Nc1c(C)cccc1C)S(C)(=O)=O. The van der Waals surface area contributed by atoms with Gasteiger partial charge in [-0.05, 0) is 31.4 Å². The van der Waals surface area contributed by atoms with E-state index in [1.54, 1.807) is 0 Å². The Kier molecular flexibility index (Phi) is 6.36. The first-order valence-electron chi connectivity index (χ1n) is 7.07. The average Bonchev–Trinajstić information content (AvgIpc) is 2.37. The van der Waals surface area contributed by atoms with Crippen LogP contribution in [0, 0.1) is 13.8 Å². The van der Waals surface area contributed by atoms with Crippen molar-refractivity contribution in [1.29, 1.82) is 0 Å². The largest absolute Gasteiger partial charge is 0.324 e. The van der Waals surface area contributed by atoms with Crippen LogP contribution in [0.15, 0.2) is 18.2 Å². The molecular formula is C15H24N2O3S. The van der Waals surface area contributed by atoms with E-state index in [-0.39, 0.29) is 12.5 Å². The van der Waals surface area contributed by atoms with E-state index in [0.29, 0.717) is 6.54 Å². The lowest BCUT2D eigenvalue weighted by atomic mass is 10.1. The van der Waals surface area contributed by atoms with Gasteiger partial charge in [0.1, 0.15) is 0 Å². The second kappa shape index (κ2) is 7.56. The van der Waals surface area contributed by atoms with Gasteiger partial charge < -0.3 is 5.32 Å². The zero-order valence-electron chi connectivity index (χ0n) is 13.1. The molecule has 0 aliphatic rings. The van der Waals surface area contributed by atoms with Crippen molar-refractivity contribution < 1.29 is 13.2 Å². The van der Waals surface area contributed by atoms with Crippen molar-refractivity contribution in [3.63, 3.8) is 0 Å². The van der Waals surface area contributed by atoms with E-state index >= 15 is 0 Å². The maximum absolute atomic E-state index is 12.1. The molecule has 0 atom stereocenters. The fraction of sp³-hybridized carbons (Fsp3) is 0.533. The summed E-state index contributed by atoms with van der Waals surface area (Å²) in [5.41, 5.74) is 2.68. The van der Waals surface area contributed by atoms with Gasteiger partial charge in [0.05, 0.1) is 12.8 Å². The highest BCUT2D eigenvalue weighted by Gasteiger charge is 2.20. The van der Waals surface area contributed by atoms with Crippen LogP contribution in [0.1, 0.15) is 30.9 Å². The number of benzene rings is 1. The van der Waals surface area contributed by atoms with E-state index in [9.17, 15) is 13.2 Å². The lowest BCUT2D eigenvalue weighted by Gasteiger charge is -2.20. The summed E-state index contributed by atoms with van der Waals surface area (Å²) in [5.74, 6) is -0.311. The molecule has 5 nitrogen and oxygen atoms in total. The molecule has 0 bridgehead atoms. The van der Waals surface area contributed by atoms with Crippen LogP contribution in [0.5, 0.6) is 0 Å². The number of rotatable bonds is 7. The maximum Gasteiger partial charge on any atom is 0.239 e. The van der Waals surface area contributed by atoms with Crippen LogP contribution in [0.3, 0.4) is 0 Å². The molecule has 1 aromatic carbocycles. The van der Waals surface area contributed by atoms with Gasteiger partial charge >= 0.3 is 0 Å². The summed E-state index contributed by atoms with van der Waals surface area (Å²) < 4.78 is 24.6. The minimum absolute atomic E-state index is 0.146. The highest BCUT2D eigenvalue weighted by atomic mass is 32.2. The van der Waals surface area contributed by atoms with Gasteiger partial charge in [-0.15, -0.1) is 0 Å². The van der Waals surface area contributed by atoms with Gasteiger partial charge in [0.15, 0.2) is 0 Å². The van der Waals surface area contributed by atoms with Gasteiger partial charge in [0, 0.05) is 12.2 Å². The molecule has 1 amide bonds. The standard InChI is InChI=1S/C15H24N2O3S/c1-5-6-10-17(21(4,19)20)11-14(18)16-15-12(2)8-7-9-13(15)3/h7-9H,5-6,10-11H2,1-4H3,(H,16,18). The first-order chi connectivity index (χ1) is 9.75. The van der Waals surface area contributed by atoms with Crippen LogP contribution < -0.4 is 5.32 Å². The predicted octanol–water partition coefficient (Wildman–Crippen LogP) is 2.30. The topological polar surface area (TPSA) is 66.5 Å². The van der Waals surface area contributed by atoms with E-state index in [4.69, 9.17) is 0 Å². The molecule has 21 heavy (non-hydrogen) atoms. The number of carbonyl (C=O) groups excluding carboxylic acids is 1. The molecule has 0 heterocycles. The first kappa shape index (κ1) is 17.7. The molecule has 0 radical (unpaired) electrons. The van der Waals surface area contributed by atoms with Crippen molar-refractivity contribution in [1.82, 2.24) is 4.31 Å². The maximum atomic E-state index is 12.1. The van der Waals surface area contributed by atoms with E-state index in [0.717, 1.165) is 35.9 Å². The molecule has 0 unspecified atom stereocenters. The number of sulfonamides is 1. The number of unbranched alkanes of at least 4 members (excludes halogenated alkanes) is 1. The molecule has 0 fully saturated rings. The number of anilines is 1. The van der Waals surface area contributed by atoms with Gasteiger partial charge in [0.2, 0.25) is 15.9 Å². The fourth-order valence-corrected chi connectivity index (χ4v) is 2.86. The molecule has 118 valence electrons. The van der Waals surface area contributed by atoms with Gasteiger partial charge in [-0.25, -0.2) is 8.42 Å². The molecule has 1 N–H and O–H groups in total. The van der Waals surface area contributed by atoms with E-state index in [1.807, 2.05) is 39.0 Å². The van der Waals surface area contributed by atoms with Crippen LogP contribution in [0.25, 0.3) is 0 Å². The molecule has 1 rings (SSSR count). The van der Waals surface area contributed by atoms with Crippen molar-refractivity contribution >= 4 is 21.6 Å². The second-order valence-corrected chi connectivity index (χ2v) is 7.25. The summed E-state index contributed by atoms with van der Waals surface area (Å²) in [6.07, 6.45) is 2.75. The van der Waals surface area contributed by atoms with Crippen molar-refractivity contribution in [3.05, 3.63) is 29.3 Å². The van der Waals surface area contributed by atoms with Gasteiger partial charge in [-0.3, -0.25) is 4.79 Å². The minimum Gasteiger partial charge on any atom is -0.324 e. The molecular weight excluding hydrogens is 288 g/mol. The number of hydrogen-bond acceptors (Lipinski definition) is 3. The van der Waals surface area contributed by atoms with Crippen LogP contribution in [-0.2, 0) is 14.8 Å².